The van der Waals surface area contributed by atoms with E-state index in [1.165, 1.54) is 40.1 Å². The number of hydrogen-bond acceptors (Lipinski definition) is 3. The zero-order chi connectivity index (χ0) is 23.2. The summed E-state index contributed by atoms with van der Waals surface area (Å²) in [5.74, 6) is 1.80. The van der Waals surface area contributed by atoms with Crippen LogP contribution in [0.15, 0.2) is 69.1 Å². The summed E-state index contributed by atoms with van der Waals surface area (Å²) in [7, 11) is -1.55. The second-order valence-electron chi connectivity index (χ2n) is 10.5. The summed E-state index contributed by atoms with van der Waals surface area (Å²) >= 11 is 0. The van der Waals surface area contributed by atoms with Crippen LogP contribution in [-0.4, -0.2) is 6.10 Å². The Morgan fingerprint density at radius 3 is 2.50 bits per heavy atom. The molecule has 4 heteroatoms. The molecular formula is C30H33O3P. The number of benzene rings is 3. The fraction of sp³-hybridized carbons (Fsp3) is 0.400. The molecule has 4 atom stereocenters. The third kappa shape index (κ3) is 3.89. The normalized spacial score (nSPS) is 23.1. The van der Waals surface area contributed by atoms with Crippen molar-refractivity contribution in [1.29, 1.82) is 0 Å². The molecule has 0 amide bonds. The Bertz CT molecular complexity index is 1430. The summed E-state index contributed by atoms with van der Waals surface area (Å²) < 4.78 is 20.0. The molecule has 0 N–H and O–H groups in total. The highest BCUT2D eigenvalue weighted by molar-refractivity contribution is 7.31. The van der Waals surface area contributed by atoms with E-state index in [1.54, 1.807) is 0 Å². The first-order valence-corrected chi connectivity index (χ1v) is 13.8. The van der Waals surface area contributed by atoms with E-state index < -0.39 is 8.24 Å². The molecule has 4 aromatic rings. The lowest BCUT2D eigenvalue weighted by molar-refractivity contribution is 0.0746. The Balaban J connectivity index is 1.61. The highest BCUT2D eigenvalue weighted by Crippen LogP contribution is 2.43. The van der Waals surface area contributed by atoms with Gasteiger partial charge in [0, 0.05) is 10.8 Å². The van der Waals surface area contributed by atoms with Crippen molar-refractivity contribution in [3.63, 3.8) is 0 Å². The molecule has 0 aliphatic heterocycles. The van der Waals surface area contributed by atoms with Gasteiger partial charge in [-0.15, -0.1) is 0 Å². The van der Waals surface area contributed by atoms with E-state index in [9.17, 15) is 0 Å². The molecule has 0 saturated heterocycles. The van der Waals surface area contributed by atoms with E-state index in [0.717, 1.165) is 35.8 Å². The topological polar surface area (TPSA) is 35.5 Å². The zero-order valence-electron chi connectivity index (χ0n) is 20.3. The van der Waals surface area contributed by atoms with Crippen molar-refractivity contribution in [2.75, 3.05) is 0 Å². The highest BCUT2D eigenvalue weighted by Gasteiger charge is 2.33. The average Bonchev–Trinajstić information content (AvgIpc) is 3.00. The van der Waals surface area contributed by atoms with Gasteiger partial charge in [0.1, 0.15) is 11.2 Å². The van der Waals surface area contributed by atoms with Gasteiger partial charge in [-0.2, -0.15) is 0 Å². The zero-order valence-corrected chi connectivity index (χ0v) is 21.2. The maximum atomic E-state index is 6.73. The van der Waals surface area contributed by atoms with Crippen LogP contribution in [0.1, 0.15) is 51.2 Å². The Morgan fingerprint density at radius 1 is 0.882 bits per heavy atom. The van der Waals surface area contributed by atoms with Gasteiger partial charge < -0.3 is 8.39 Å². The highest BCUT2D eigenvalue weighted by atomic mass is 31.1. The van der Waals surface area contributed by atoms with Gasteiger partial charge in [0.15, 0.2) is 0 Å². The van der Waals surface area contributed by atoms with Gasteiger partial charge in [-0.25, -0.2) is 0 Å². The van der Waals surface area contributed by atoms with Crippen LogP contribution in [0.3, 0.4) is 0 Å². The maximum absolute atomic E-state index is 6.73. The van der Waals surface area contributed by atoms with E-state index >= 15 is 0 Å². The van der Waals surface area contributed by atoms with Gasteiger partial charge in [-0.05, 0) is 77.5 Å². The van der Waals surface area contributed by atoms with Crippen molar-refractivity contribution in [3.8, 4) is 0 Å². The molecule has 0 bridgehead atoms. The lowest BCUT2D eigenvalue weighted by Gasteiger charge is -2.35. The number of hydrogen-bond donors (Lipinski definition) is 0. The molecule has 6 rings (SSSR count). The van der Waals surface area contributed by atoms with E-state index in [2.05, 4.69) is 81.5 Å². The first-order chi connectivity index (χ1) is 16.6. The lowest BCUT2D eigenvalue weighted by Crippen LogP contribution is -2.35. The van der Waals surface area contributed by atoms with Crippen LogP contribution in [0, 0.1) is 17.8 Å². The fourth-order valence-corrected chi connectivity index (χ4v) is 7.22. The summed E-state index contributed by atoms with van der Waals surface area (Å²) in [5.41, 5.74) is 4.48. The summed E-state index contributed by atoms with van der Waals surface area (Å²) in [4.78, 5) is 0. The summed E-state index contributed by atoms with van der Waals surface area (Å²) in [5, 5.41) is 4.75. The molecule has 0 radical (unpaired) electrons. The van der Waals surface area contributed by atoms with Crippen LogP contribution >= 0.6 is 8.24 Å². The van der Waals surface area contributed by atoms with Crippen molar-refractivity contribution in [3.05, 3.63) is 71.8 Å². The third-order valence-electron chi connectivity index (χ3n) is 7.87. The molecule has 3 nitrogen and oxygen atoms in total. The molecule has 0 spiro atoms. The van der Waals surface area contributed by atoms with E-state index in [1.807, 2.05) is 0 Å². The van der Waals surface area contributed by atoms with Crippen molar-refractivity contribution in [2.24, 2.45) is 17.8 Å². The molecule has 1 saturated carbocycles. The fourth-order valence-electron chi connectivity index (χ4n) is 6.01. The first-order valence-electron chi connectivity index (χ1n) is 12.7. The molecule has 2 aliphatic carbocycles. The Labute approximate surface area is 202 Å². The van der Waals surface area contributed by atoms with Crippen LogP contribution < -0.4 is 4.52 Å². The predicted molar refractivity (Wildman–Crippen MR) is 142 cm³/mol. The molecule has 1 unspecified atom stereocenters. The van der Waals surface area contributed by atoms with E-state index in [0.29, 0.717) is 17.8 Å². The lowest BCUT2D eigenvalue weighted by atomic mass is 9.75. The second-order valence-corrected chi connectivity index (χ2v) is 11.5. The largest absolute Gasteiger partial charge is 0.399 e. The van der Waals surface area contributed by atoms with Crippen LogP contribution in [0.5, 0.6) is 0 Å². The van der Waals surface area contributed by atoms with Crippen LogP contribution in [0.25, 0.3) is 32.7 Å². The SMILES string of the molecule is CC(C)[C@@H]1CC[C@@H](C)C[C@H]1Op1oc2ccc3c(c2c2c(ccc4ccccc42)o1)CC=CC3. The molecule has 2 aliphatic rings. The molecule has 1 fully saturated rings. The third-order valence-corrected chi connectivity index (χ3v) is 9.00. The van der Waals surface area contributed by atoms with Crippen LogP contribution in [0.4, 0.5) is 0 Å². The van der Waals surface area contributed by atoms with Gasteiger partial charge in [0.05, 0.1) is 6.10 Å². The summed E-state index contributed by atoms with van der Waals surface area (Å²) in [6.45, 7) is 6.97. The predicted octanol–water partition coefficient (Wildman–Crippen LogP) is 8.99. The quantitative estimate of drug-likeness (QED) is 0.279. The van der Waals surface area contributed by atoms with Crippen molar-refractivity contribution >= 4 is 41.0 Å². The molecule has 34 heavy (non-hydrogen) atoms. The maximum Gasteiger partial charge on any atom is 0.387 e. The standard InChI is InChI=1S/C30H33O3P/c1-19(2)23-15-12-20(3)18-28(23)33-34-31-26-16-13-21-8-4-6-10-24(21)29(26)30-25-11-7-5-9-22(25)14-17-27(30)32-34/h4-8,10,13-14,16-17,19-20,23,28H,9,11-12,15,18H2,1-3H3/t20-,23+,28-,34?/m1/s1. The monoisotopic (exact) mass is 472 g/mol. The smallest absolute Gasteiger partial charge is 0.387 e. The van der Waals surface area contributed by atoms with Crippen LogP contribution in [-0.2, 0) is 12.8 Å². The van der Waals surface area contributed by atoms with Crippen molar-refractivity contribution in [1.82, 2.24) is 0 Å². The van der Waals surface area contributed by atoms with Gasteiger partial charge in [0.2, 0.25) is 0 Å². The number of allylic oxidation sites excluding steroid dienone is 2. The van der Waals surface area contributed by atoms with Crippen molar-refractivity contribution < 1.29 is 12.9 Å². The van der Waals surface area contributed by atoms with Gasteiger partial charge in [0.25, 0.3) is 0 Å². The van der Waals surface area contributed by atoms with Gasteiger partial charge in [-0.3, -0.25) is 4.52 Å². The Kier molecular flexibility index (Phi) is 5.79. The summed E-state index contributed by atoms with van der Waals surface area (Å²) in [6, 6.07) is 17.2. The van der Waals surface area contributed by atoms with Gasteiger partial charge >= 0.3 is 8.24 Å². The van der Waals surface area contributed by atoms with E-state index in [-0.39, 0.29) is 6.10 Å². The molecule has 3 aromatic carbocycles. The number of rotatable bonds is 3. The minimum Gasteiger partial charge on any atom is -0.399 e. The molecule has 1 heterocycles. The second kappa shape index (κ2) is 8.95. The molecule has 176 valence electrons. The Morgan fingerprint density at radius 2 is 1.65 bits per heavy atom. The Hall–Kier alpha value is -2.48. The summed E-state index contributed by atoms with van der Waals surface area (Å²) in [6.07, 6.45) is 10.1. The minimum atomic E-state index is -1.55. The minimum absolute atomic E-state index is 0.167. The van der Waals surface area contributed by atoms with Gasteiger partial charge in [-0.1, -0.05) is 75.7 Å². The molecular weight excluding hydrogens is 439 g/mol. The van der Waals surface area contributed by atoms with Crippen molar-refractivity contribution in [2.45, 2.75) is 59.0 Å². The first kappa shape index (κ1) is 22.0. The molecule has 1 aromatic heterocycles. The average molecular weight is 473 g/mol. The number of fused-ring (bicyclic) bond motifs is 7. The van der Waals surface area contributed by atoms with E-state index in [4.69, 9.17) is 12.9 Å². The van der Waals surface area contributed by atoms with Crippen LogP contribution in [0.2, 0.25) is 0 Å².